The average molecular weight is 244 g/mol. The molecule has 0 atom stereocenters. The molecule has 1 aromatic rings. The van der Waals surface area contributed by atoms with Crippen molar-refractivity contribution in [1.82, 2.24) is 0 Å². The minimum Gasteiger partial charge on any atom is -0.198 e. The van der Waals surface area contributed by atoms with E-state index >= 15 is 0 Å². The summed E-state index contributed by atoms with van der Waals surface area (Å²) in [5, 5.41) is 20.4. The molecule has 0 saturated heterocycles. The molecule has 4 heteroatoms. The van der Waals surface area contributed by atoms with Gasteiger partial charge in [0.05, 0.1) is 25.0 Å². The predicted octanol–water partition coefficient (Wildman–Crippen LogP) is 2.51. The molecule has 0 amide bonds. The van der Waals surface area contributed by atoms with E-state index in [1.165, 1.54) is 10.7 Å². The summed E-state index contributed by atoms with van der Waals surface area (Å²) in [7, 11) is 0. The van der Waals surface area contributed by atoms with Gasteiger partial charge in [-0.25, -0.2) is 0 Å². The van der Waals surface area contributed by atoms with Gasteiger partial charge in [0.1, 0.15) is 0 Å². The Bertz CT molecular complexity index is 459. The van der Waals surface area contributed by atoms with Crippen LogP contribution in [0.15, 0.2) is 12.1 Å². The second kappa shape index (κ2) is 6.07. The molecule has 0 spiro atoms. The smallest absolute Gasteiger partial charge is 0.0669 e. The molecule has 1 rings (SSSR count). The third-order valence-electron chi connectivity index (χ3n) is 2.19. The first-order valence-corrected chi connectivity index (χ1v) is 5.51. The van der Waals surface area contributed by atoms with Crippen molar-refractivity contribution in [1.29, 1.82) is 10.5 Å². The summed E-state index contributed by atoms with van der Waals surface area (Å²) in [6, 6.07) is 7.83. The maximum absolute atomic E-state index is 8.69. The van der Waals surface area contributed by atoms with Crippen LogP contribution in [0.4, 0.5) is 0 Å². The van der Waals surface area contributed by atoms with E-state index < -0.39 is 0 Å². The molecule has 0 aliphatic heterocycles. The van der Waals surface area contributed by atoms with Crippen molar-refractivity contribution in [2.24, 2.45) is 0 Å². The molecule has 0 unspecified atom stereocenters. The Labute approximate surface area is 105 Å². The molecule has 2 nitrogen and oxygen atoms in total. The van der Waals surface area contributed by atoms with Crippen molar-refractivity contribution < 1.29 is 0 Å². The fourth-order valence-electron chi connectivity index (χ4n) is 1.42. The van der Waals surface area contributed by atoms with Gasteiger partial charge < -0.3 is 0 Å². The van der Waals surface area contributed by atoms with Crippen LogP contribution in [0.5, 0.6) is 0 Å². The molecular weight excluding hydrogens is 236 g/mol. The van der Waals surface area contributed by atoms with E-state index in [0.717, 1.165) is 22.3 Å². The second-order valence-electron chi connectivity index (χ2n) is 3.16. The summed E-state index contributed by atoms with van der Waals surface area (Å²) in [6.07, 6.45) is 0.594. The number of nitrogens with zero attached hydrogens (tertiary/aromatic N) is 2. The molecule has 0 aliphatic carbocycles. The van der Waals surface area contributed by atoms with Gasteiger partial charge in [0.25, 0.3) is 0 Å². The van der Waals surface area contributed by atoms with Gasteiger partial charge in [0, 0.05) is 10.7 Å². The minimum absolute atomic E-state index is 0.297. The Morgan fingerprint density at radius 1 is 0.938 bits per heavy atom. The third-order valence-corrected chi connectivity index (χ3v) is 2.70. The molecule has 0 aromatic heterocycles. The molecule has 0 N–H and O–H groups in total. The van der Waals surface area contributed by atoms with Crippen LogP contribution < -0.4 is 0 Å². The standard InChI is InChI=1S/C12H8N2S2/c13-3-1-9-5-12(8-16)10(2-4-14)6-11(9)7-15/h5-8H,1-2H2. The normalized spacial score (nSPS) is 8.88. The summed E-state index contributed by atoms with van der Waals surface area (Å²) in [6.45, 7) is 0. The first kappa shape index (κ1) is 12.4. The molecular formula is C12H8N2S2. The van der Waals surface area contributed by atoms with Crippen molar-refractivity contribution in [3.63, 3.8) is 0 Å². The Morgan fingerprint density at radius 3 is 1.56 bits per heavy atom. The maximum Gasteiger partial charge on any atom is 0.0669 e. The Morgan fingerprint density at radius 2 is 1.31 bits per heavy atom. The van der Waals surface area contributed by atoms with E-state index in [2.05, 4.69) is 12.1 Å². The largest absolute Gasteiger partial charge is 0.198 e. The summed E-state index contributed by atoms with van der Waals surface area (Å²) in [5.74, 6) is 0. The average Bonchev–Trinajstić information content (AvgIpc) is 2.31. The zero-order valence-corrected chi connectivity index (χ0v) is 10.1. The van der Waals surface area contributed by atoms with Crippen LogP contribution >= 0.6 is 24.4 Å². The highest BCUT2D eigenvalue weighted by Gasteiger charge is 2.06. The van der Waals surface area contributed by atoms with Crippen LogP contribution in [-0.2, 0) is 12.8 Å². The van der Waals surface area contributed by atoms with Gasteiger partial charge in [-0.2, -0.15) is 10.5 Å². The molecule has 1 aromatic carbocycles. The van der Waals surface area contributed by atoms with Crippen molar-refractivity contribution in [3.05, 3.63) is 34.4 Å². The molecule has 78 valence electrons. The predicted molar refractivity (Wildman–Crippen MR) is 70.6 cm³/mol. The zero-order chi connectivity index (χ0) is 12.0. The Hall–Kier alpha value is -1.62. The Kier molecular flexibility index (Phi) is 4.72. The second-order valence-corrected chi connectivity index (χ2v) is 3.63. The van der Waals surface area contributed by atoms with E-state index in [4.69, 9.17) is 35.0 Å². The van der Waals surface area contributed by atoms with Gasteiger partial charge in [-0.3, -0.25) is 0 Å². The lowest BCUT2D eigenvalue weighted by atomic mass is 9.97. The number of thiocarbonyl (C=S) groups is 2. The van der Waals surface area contributed by atoms with Crippen molar-refractivity contribution in [2.45, 2.75) is 12.8 Å². The van der Waals surface area contributed by atoms with E-state index in [9.17, 15) is 0 Å². The van der Waals surface area contributed by atoms with Crippen LogP contribution in [0.25, 0.3) is 0 Å². The fourth-order valence-corrected chi connectivity index (χ4v) is 1.86. The van der Waals surface area contributed by atoms with Crippen LogP contribution in [0.3, 0.4) is 0 Å². The monoisotopic (exact) mass is 244 g/mol. The molecule has 0 bridgehead atoms. The van der Waals surface area contributed by atoms with Crippen LogP contribution in [0.2, 0.25) is 0 Å². The SMILES string of the molecule is N#CCc1cc(C=S)c(CC#N)cc1C=S. The van der Waals surface area contributed by atoms with Crippen LogP contribution in [-0.4, -0.2) is 10.7 Å². The summed E-state index contributed by atoms with van der Waals surface area (Å²) in [5.41, 5.74) is 3.36. The molecule has 0 radical (unpaired) electrons. The van der Waals surface area contributed by atoms with Gasteiger partial charge in [0.15, 0.2) is 0 Å². The van der Waals surface area contributed by atoms with Gasteiger partial charge in [0.2, 0.25) is 0 Å². The van der Waals surface area contributed by atoms with Crippen LogP contribution in [0, 0.1) is 22.7 Å². The molecule has 16 heavy (non-hydrogen) atoms. The van der Waals surface area contributed by atoms with Crippen LogP contribution in [0.1, 0.15) is 22.3 Å². The van der Waals surface area contributed by atoms with Gasteiger partial charge in [-0.1, -0.05) is 24.4 Å². The van der Waals surface area contributed by atoms with Gasteiger partial charge >= 0.3 is 0 Å². The summed E-state index contributed by atoms with van der Waals surface area (Å²) in [4.78, 5) is 0. The number of benzene rings is 1. The molecule has 0 aliphatic rings. The number of rotatable bonds is 4. The molecule has 0 fully saturated rings. The highest BCUT2D eigenvalue weighted by molar-refractivity contribution is 7.79. The summed E-state index contributed by atoms with van der Waals surface area (Å²) < 4.78 is 0. The number of hydrogen-bond acceptors (Lipinski definition) is 4. The van der Waals surface area contributed by atoms with E-state index in [1.807, 2.05) is 12.1 Å². The van der Waals surface area contributed by atoms with E-state index in [1.54, 1.807) is 0 Å². The van der Waals surface area contributed by atoms with Gasteiger partial charge in [-0.05, 0) is 34.4 Å². The molecule has 0 saturated carbocycles. The third kappa shape index (κ3) is 2.70. The first-order valence-electron chi connectivity index (χ1n) is 4.56. The highest BCUT2D eigenvalue weighted by Crippen LogP contribution is 2.16. The first-order chi connectivity index (χ1) is 7.76. The zero-order valence-electron chi connectivity index (χ0n) is 8.43. The molecule has 0 heterocycles. The quantitative estimate of drug-likeness (QED) is 0.764. The van der Waals surface area contributed by atoms with E-state index in [-0.39, 0.29) is 0 Å². The van der Waals surface area contributed by atoms with Crippen molar-refractivity contribution in [2.75, 3.05) is 0 Å². The summed E-state index contributed by atoms with van der Waals surface area (Å²) >= 11 is 9.78. The lowest BCUT2D eigenvalue weighted by Gasteiger charge is -2.07. The number of nitriles is 2. The number of hydrogen-bond donors (Lipinski definition) is 0. The fraction of sp³-hybridized carbons (Fsp3) is 0.167. The highest BCUT2D eigenvalue weighted by atomic mass is 32.1. The van der Waals surface area contributed by atoms with Crippen molar-refractivity contribution in [3.8, 4) is 12.1 Å². The lowest BCUT2D eigenvalue weighted by molar-refractivity contribution is 1.21. The minimum atomic E-state index is 0.297. The van der Waals surface area contributed by atoms with E-state index in [0.29, 0.717) is 12.8 Å². The maximum atomic E-state index is 8.69. The Balaban J connectivity index is 3.35. The lowest BCUT2D eigenvalue weighted by Crippen LogP contribution is -1.99. The van der Waals surface area contributed by atoms with Gasteiger partial charge in [-0.15, -0.1) is 0 Å². The topological polar surface area (TPSA) is 47.6 Å². The van der Waals surface area contributed by atoms with Crippen molar-refractivity contribution >= 4 is 35.2 Å².